The van der Waals surface area contributed by atoms with E-state index in [0.29, 0.717) is 0 Å². The third-order valence-electron chi connectivity index (χ3n) is 1.86. The van der Waals surface area contributed by atoms with E-state index in [4.69, 9.17) is 0 Å². The number of hydrogen-bond donors (Lipinski definition) is 0. The molecule has 2 nitrogen and oxygen atoms in total. The maximum atomic E-state index is 12.6. The lowest BCUT2D eigenvalue weighted by atomic mass is 10.2. The monoisotopic (exact) mass is 208 g/mol. The van der Waals surface area contributed by atoms with Crippen LogP contribution in [-0.4, -0.2) is 10.2 Å². The van der Waals surface area contributed by atoms with E-state index in [1.54, 1.807) is 23.5 Å². The summed E-state index contributed by atoms with van der Waals surface area (Å²) in [5.74, 6) is -0.228. The van der Waals surface area contributed by atoms with Gasteiger partial charge in [0, 0.05) is 5.56 Å². The van der Waals surface area contributed by atoms with Crippen molar-refractivity contribution in [2.75, 3.05) is 0 Å². The second kappa shape index (κ2) is 3.84. The fourth-order valence-corrected chi connectivity index (χ4v) is 1.89. The lowest BCUT2D eigenvalue weighted by Gasteiger charge is -1.93. The summed E-state index contributed by atoms with van der Waals surface area (Å²) < 4.78 is 12.6. The van der Waals surface area contributed by atoms with E-state index >= 15 is 0 Å². The molecule has 14 heavy (non-hydrogen) atoms. The first-order valence-electron chi connectivity index (χ1n) is 4.38. The van der Waals surface area contributed by atoms with Crippen LogP contribution in [0.5, 0.6) is 0 Å². The minimum Gasteiger partial charge on any atom is -0.207 e. The predicted molar refractivity (Wildman–Crippen MR) is 54.7 cm³/mol. The molecule has 0 bridgehead atoms. The Balaban J connectivity index is 2.34. The van der Waals surface area contributed by atoms with Gasteiger partial charge in [-0.3, -0.25) is 0 Å². The molecule has 0 aliphatic carbocycles. The predicted octanol–water partition coefficient (Wildman–Crippen LogP) is 2.91. The van der Waals surface area contributed by atoms with Crippen LogP contribution in [0, 0.1) is 5.82 Å². The molecule has 2 aromatic rings. The van der Waals surface area contributed by atoms with E-state index in [1.807, 2.05) is 6.92 Å². The minimum absolute atomic E-state index is 0.228. The number of hydrogen-bond acceptors (Lipinski definition) is 3. The summed E-state index contributed by atoms with van der Waals surface area (Å²) in [6.45, 7) is 2.04. The van der Waals surface area contributed by atoms with Gasteiger partial charge in [0.05, 0.1) is 0 Å². The van der Waals surface area contributed by atoms with E-state index in [9.17, 15) is 4.39 Å². The van der Waals surface area contributed by atoms with Gasteiger partial charge in [-0.25, -0.2) is 4.39 Å². The quantitative estimate of drug-likeness (QED) is 0.758. The van der Waals surface area contributed by atoms with Crippen LogP contribution in [0.4, 0.5) is 4.39 Å². The summed E-state index contributed by atoms with van der Waals surface area (Å²) in [4.78, 5) is 0. The SMILES string of the molecule is CCc1nnc(-c2ccc(F)cc2)s1. The number of benzene rings is 1. The molecule has 72 valence electrons. The van der Waals surface area contributed by atoms with Crippen LogP contribution < -0.4 is 0 Å². The van der Waals surface area contributed by atoms with E-state index in [2.05, 4.69) is 10.2 Å². The summed E-state index contributed by atoms with van der Waals surface area (Å²) in [6.07, 6.45) is 0.888. The van der Waals surface area contributed by atoms with Gasteiger partial charge in [0.15, 0.2) is 0 Å². The van der Waals surface area contributed by atoms with Gasteiger partial charge in [0.2, 0.25) is 0 Å². The molecule has 0 fully saturated rings. The molecule has 0 aliphatic rings. The van der Waals surface area contributed by atoms with Crippen LogP contribution in [-0.2, 0) is 6.42 Å². The maximum Gasteiger partial charge on any atom is 0.147 e. The highest BCUT2D eigenvalue weighted by Crippen LogP contribution is 2.23. The van der Waals surface area contributed by atoms with Gasteiger partial charge in [0.1, 0.15) is 15.8 Å². The molecule has 0 saturated carbocycles. The summed E-state index contributed by atoms with van der Waals surface area (Å²) in [6, 6.07) is 6.30. The number of nitrogens with zero attached hydrogens (tertiary/aromatic N) is 2. The molecular weight excluding hydrogens is 199 g/mol. The van der Waals surface area contributed by atoms with Gasteiger partial charge in [-0.2, -0.15) is 0 Å². The van der Waals surface area contributed by atoms with Crippen molar-refractivity contribution in [3.63, 3.8) is 0 Å². The van der Waals surface area contributed by atoms with Crippen LogP contribution in [0.2, 0.25) is 0 Å². The Morgan fingerprint density at radius 2 is 1.93 bits per heavy atom. The highest BCUT2D eigenvalue weighted by atomic mass is 32.1. The third kappa shape index (κ3) is 1.80. The minimum atomic E-state index is -0.228. The second-order valence-corrected chi connectivity index (χ2v) is 3.92. The van der Waals surface area contributed by atoms with Crippen LogP contribution >= 0.6 is 11.3 Å². The third-order valence-corrected chi connectivity index (χ3v) is 2.98. The van der Waals surface area contributed by atoms with Crippen LogP contribution in [0.25, 0.3) is 10.6 Å². The first kappa shape index (κ1) is 9.27. The van der Waals surface area contributed by atoms with Crippen molar-refractivity contribution >= 4 is 11.3 Å². The fraction of sp³-hybridized carbons (Fsp3) is 0.200. The average Bonchev–Trinajstić information content (AvgIpc) is 2.67. The van der Waals surface area contributed by atoms with E-state index in [0.717, 1.165) is 22.0 Å². The summed E-state index contributed by atoms with van der Waals surface area (Å²) >= 11 is 1.55. The maximum absolute atomic E-state index is 12.6. The van der Waals surface area contributed by atoms with Gasteiger partial charge < -0.3 is 0 Å². The van der Waals surface area contributed by atoms with Crippen LogP contribution in [0.1, 0.15) is 11.9 Å². The second-order valence-electron chi connectivity index (χ2n) is 2.86. The number of rotatable bonds is 2. The smallest absolute Gasteiger partial charge is 0.147 e. The first-order valence-corrected chi connectivity index (χ1v) is 5.19. The Bertz CT molecular complexity index is 422. The van der Waals surface area contributed by atoms with Crippen molar-refractivity contribution < 1.29 is 4.39 Å². The molecule has 0 N–H and O–H groups in total. The fourth-order valence-electron chi connectivity index (χ4n) is 1.11. The average molecular weight is 208 g/mol. The van der Waals surface area contributed by atoms with Crippen molar-refractivity contribution in [2.24, 2.45) is 0 Å². The standard InChI is InChI=1S/C10H9FN2S/c1-2-9-12-13-10(14-9)7-3-5-8(11)6-4-7/h3-6H,2H2,1H3. The molecule has 0 atom stereocenters. The Morgan fingerprint density at radius 3 is 2.50 bits per heavy atom. The zero-order chi connectivity index (χ0) is 9.97. The Labute approximate surface area is 85.4 Å². The van der Waals surface area contributed by atoms with Crippen molar-refractivity contribution in [2.45, 2.75) is 13.3 Å². The molecule has 1 heterocycles. The molecule has 0 unspecified atom stereocenters. The van der Waals surface area contributed by atoms with Crippen LogP contribution in [0.3, 0.4) is 0 Å². The Kier molecular flexibility index (Phi) is 2.54. The zero-order valence-corrected chi connectivity index (χ0v) is 8.51. The van der Waals surface area contributed by atoms with E-state index < -0.39 is 0 Å². The summed E-state index contributed by atoms with van der Waals surface area (Å²) in [7, 11) is 0. The highest BCUT2D eigenvalue weighted by Gasteiger charge is 2.04. The molecule has 4 heteroatoms. The molecule has 1 aromatic heterocycles. The molecule has 0 aliphatic heterocycles. The lowest BCUT2D eigenvalue weighted by Crippen LogP contribution is -1.78. The normalized spacial score (nSPS) is 10.4. The van der Waals surface area contributed by atoms with Crippen LogP contribution in [0.15, 0.2) is 24.3 Å². The van der Waals surface area contributed by atoms with Crippen molar-refractivity contribution in [3.8, 4) is 10.6 Å². The van der Waals surface area contributed by atoms with Gasteiger partial charge in [0.25, 0.3) is 0 Å². The first-order chi connectivity index (χ1) is 6.79. The van der Waals surface area contributed by atoms with Gasteiger partial charge in [-0.15, -0.1) is 10.2 Å². The molecule has 0 spiro atoms. The Morgan fingerprint density at radius 1 is 1.21 bits per heavy atom. The molecule has 0 amide bonds. The van der Waals surface area contributed by atoms with E-state index in [-0.39, 0.29) is 5.82 Å². The number of aromatic nitrogens is 2. The number of halogens is 1. The van der Waals surface area contributed by atoms with E-state index in [1.165, 1.54) is 12.1 Å². The van der Waals surface area contributed by atoms with Crippen molar-refractivity contribution in [1.82, 2.24) is 10.2 Å². The van der Waals surface area contributed by atoms with Crippen molar-refractivity contribution in [3.05, 3.63) is 35.1 Å². The molecular formula is C10H9FN2S. The lowest BCUT2D eigenvalue weighted by molar-refractivity contribution is 0.628. The highest BCUT2D eigenvalue weighted by molar-refractivity contribution is 7.14. The van der Waals surface area contributed by atoms with Gasteiger partial charge >= 0.3 is 0 Å². The molecule has 2 rings (SSSR count). The van der Waals surface area contributed by atoms with Crippen molar-refractivity contribution in [1.29, 1.82) is 0 Å². The summed E-state index contributed by atoms with van der Waals surface area (Å²) in [5.41, 5.74) is 0.920. The Hall–Kier alpha value is -1.29. The van der Waals surface area contributed by atoms with Gasteiger partial charge in [-0.05, 0) is 30.7 Å². The zero-order valence-electron chi connectivity index (χ0n) is 7.70. The topological polar surface area (TPSA) is 25.8 Å². The molecule has 1 aromatic carbocycles. The summed E-state index contributed by atoms with van der Waals surface area (Å²) in [5, 5.41) is 9.89. The molecule has 0 saturated heterocycles. The number of aryl methyl sites for hydroxylation is 1. The van der Waals surface area contributed by atoms with Gasteiger partial charge in [-0.1, -0.05) is 18.3 Å². The largest absolute Gasteiger partial charge is 0.207 e. The molecule has 0 radical (unpaired) electrons.